The van der Waals surface area contributed by atoms with Crippen molar-refractivity contribution in [2.24, 2.45) is 0 Å². The van der Waals surface area contributed by atoms with Crippen LogP contribution >= 0.6 is 0 Å². The molecule has 0 saturated heterocycles. The Balaban J connectivity index is 2.23. The predicted molar refractivity (Wildman–Crippen MR) is 87.5 cm³/mol. The number of benzene rings is 2. The van der Waals surface area contributed by atoms with Gasteiger partial charge in [-0.15, -0.1) is 0 Å². The Morgan fingerprint density at radius 3 is 2.22 bits per heavy atom. The van der Waals surface area contributed by atoms with E-state index in [-0.39, 0.29) is 10.9 Å². The molecule has 0 saturated carbocycles. The molecule has 2 rings (SSSR count). The lowest BCUT2D eigenvalue weighted by molar-refractivity contribution is 0.414. The third-order valence-electron chi connectivity index (χ3n) is 3.52. The maximum atomic E-state index is 12.5. The van der Waals surface area contributed by atoms with Crippen molar-refractivity contribution < 1.29 is 13.2 Å². The summed E-state index contributed by atoms with van der Waals surface area (Å²) >= 11 is 0. The van der Waals surface area contributed by atoms with Crippen LogP contribution in [-0.4, -0.2) is 15.5 Å². The lowest BCUT2D eigenvalue weighted by Gasteiger charge is -2.18. The zero-order valence-corrected chi connectivity index (χ0v) is 13.8. The molecule has 5 nitrogen and oxygen atoms in total. The van der Waals surface area contributed by atoms with E-state index in [0.29, 0.717) is 12.0 Å². The predicted octanol–water partition coefficient (Wildman–Crippen LogP) is 3.00. The molecule has 6 heteroatoms. The summed E-state index contributed by atoms with van der Waals surface area (Å²) < 4.78 is 32.8. The van der Waals surface area contributed by atoms with E-state index in [0.717, 1.165) is 11.3 Å². The Labute approximate surface area is 136 Å². The summed E-state index contributed by atoms with van der Waals surface area (Å²) in [5, 5.41) is 8.78. The van der Waals surface area contributed by atoms with Gasteiger partial charge in [-0.25, -0.2) is 13.1 Å². The number of sulfonamides is 1. The topological polar surface area (TPSA) is 79.2 Å². The van der Waals surface area contributed by atoms with Gasteiger partial charge in [0.15, 0.2) is 0 Å². The van der Waals surface area contributed by atoms with Gasteiger partial charge >= 0.3 is 0 Å². The molecule has 0 radical (unpaired) electrons. The molecule has 120 valence electrons. The van der Waals surface area contributed by atoms with Gasteiger partial charge in [0, 0.05) is 6.04 Å². The van der Waals surface area contributed by atoms with Crippen molar-refractivity contribution in [3.05, 3.63) is 59.7 Å². The van der Waals surface area contributed by atoms with E-state index in [1.54, 1.807) is 19.2 Å². The van der Waals surface area contributed by atoms with Crippen molar-refractivity contribution in [1.82, 2.24) is 4.72 Å². The number of nitriles is 1. The van der Waals surface area contributed by atoms with Crippen molar-refractivity contribution in [3.8, 4) is 11.8 Å². The molecular weight excluding hydrogens is 312 g/mol. The van der Waals surface area contributed by atoms with Crippen molar-refractivity contribution in [3.63, 3.8) is 0 Å². The SMILES string of the molecule is CCC(NS(=O)(=O)c1ccc(C#N)cc1)c1ccc(OC)cc1. The van der Waals surface area contributed by atoms with Crippen LogP contribution < -0.4 is 9.46 Å². The third-order valence-corrected chi connectivity index (χ3v) is 5.01. The summed E-state index contributed by atoms with van der Waals surface area (Å²) in [6.45, 7) is 1.91. The molecule has 0 aliphatic heterocycles. The molecular formula is C17H18N2O3S. The Morgan fingerprint density at radius 1 is 1.13 bits per heavy atom. The smallest absolute Gasteiger partial charge is 0.241 e. The first-order valence-corrected chi connectivity index (χ1v) is 8.65. The van der Waals surface area contributed by atoms with E-state index in [2.05, 4.69) is 4.72 Å². The maximum Gasteiger partial charge on any atom is 0.241 e. The number of nitrogens with zero attached hydrogens (tertiary/aromatic N) is 1. The molecule has 0 aliphatic carbocycles. The van der Waals surface area contributed by atoms with Gasteiger partial charge in [-0.2, -0.15) is 5.26 Å². The van der Waals surface area contributed by atoms with Crippen molar-refractivity contribution in [2.75, 3.05) is 7.11 Å². The highest BCUT2D eigenvalue weighted by Gasteiger charge is 2.20. The van der Waals surface area contributed by atoms with Gasteiger partial charge in [-0.05, 0) is 48.4 Å². The van der Waals surface area contributed by atoms with Gasteiger partial charge in [-0.1, -0.05) is 19.1 Å². The molecule has 0 amide bonds. The van der Waals surface area contributed by atoms with Crippen LogP contribution in [-0.2, 0) is 10.0 Å². The van der Waals surface area contributed by atoms with E-state index in [1.807, 2.05) is 25.1 Å². The van der Waals surface area contributed by atoms with E-state index in [4.69, 9.17) is 10.00 Å². The van der Waals surface area contributed by atoms with Crippen LogP contribution in [0.5, 0.6) is 5.75 Å². The molecule has 2 aromatic carbocycles. The monoisotopic (exact) mass is 330 g/mol. The number of hydrogen-bond donors (Lipinski definition) is 1. The van der Waals surface area contributed by atoms with Crippen LogP contribution in [0.15, 0.2) is 53.4 Å². The summed E-state index contributed by atoms with van der Waals surface area (Å²) in [6, 6.07) is 14.8. The normalized spacial score (nSPS) is 12.4. The lowest BCUT2D eigenvalue weighted by atomic mass is 10.1. The molecule has 0 spiro atoms. The fourth-order valence-electron chi connectivity index (χ4n) is 2.19. The Morgan fingerprint density at radius 2 is 1.74 bits per heavy atom. The number of ether oxygens (including phenoxy) is 1. The summed E-state index contributed by atoms with van der Waals surface area (Å²) in [7, 11) is -2.07. The van der Waals surface area contributed by atoms with Crippen LogP contribution in [0.25, 0.3) is 0 Å². The molecule has 1 unspecified atom stereocenters. The summed E-state index contributed by atoms with van der Waals surface area (Å²) in [4.78, 5) is 0.142. The first kappa shape index (κ1) is 17.0. The van der Waals surface area contributed by atoms with Gasteiger partial charge in [0.05, 0.1) is 23.6 Å². The lowest BCUT2D eigenvalue weighted by Crippen LogP contribution is -2.28. The minimum Gasteiger partial charge on any atom is -0.497 e. The molecule has 1 atom stereocenters. The second-order valence-corrected chi connectivity index (χ2v) is 6.71. The molecule has 0 heterocycles. The Bertz CT molecular complexity index is 791. The van der Waals surface area contributed by atoms with Gasteiger partial charge in [0.25, 0.3) is 0 Å². The van der Waals surface area contributed by atoms with E-state index >= 15 is 0 Å². The number of methoxy groups -OCH3 is 1. The first-order chi connectivity index (χ1) is 11.0. The standard InChI is InChI=1S/C17H18N2O3S/c1-3-17(14-6-8-15(22-2)9-7-14)19-23(20,21)16-10-4-13(12-18)5-11-16/h4-11,17,19H,3H2,1-2H3. The van der Waals surface area contributed by atoms with E-state index < -0.39 is 10.0 Å². The minimum absolute atomic E-state index is 0.142. The van der Waals surface area contributed by atoms with Gasteiger partial charge in [-0.3, -0.25) is 0 Å². The van der Waals surface area contributed by atoms with Crippen molar-refractivity contribution in [2.45, 2.75) is 24.3 Å². The number of hydrogen-bond acceptors (Lipinski definition) is 4. The van der Waals surface area contributed by atoms with Crippen molar-refractivity contribution in [1.29, 1.82) is 5.26 Å². The first-order valence-electron chi connectivity index (χ1n) is 7.16. The second kappa shape index (κ2) is 7.27. The molecule has 0 fully saturated rings. The van der Waals surface area contributed by atoms with Crippen LogP contribution in [0.1, 0.15) is 30.5 Å². The molecule has 23 heavy (non-hydrogen) atoms. The summed E-state index contributed by atoms with van der Waals surface area (Å²) in [5.41, 5.74) is 1.29. The maximum absolute atomic E-state index is 12.5. The zero-order chi connectivity index (χ0) is 16.9. The minimum atomic E-state index is -3.65. The average Bonchev–Trinajstić information content (AvgIpc) is 2.60. The molecule has 1 N–H and O–H groups in total. The highest BCUT2D eigenvalue weighted by Crippen LogP contribution is 2.22. The summed E-state index contributed by atoms with van der Waals surface area (Å²) in [5.74, 6) is 0.721. The van der Waals surface area contributed by atoms with Gasteiger partial charge in [0.2, 0.25) is 10.0 Å². The highest BCUT2D eigenvalue weighted by molar-refractivity contribution is 7.89. The number of rotatable bonds is 6. The van der Waals surface area contributed by atoms with Crippen LogP contribution in [0.2, 0.25) is 0 Å². The molecule has 0 aliphatic rings. The fraction of sp³-hybridized carbons (Fsp3) is 0.235. The van der Waals surface area contributed by atoms with E-state index in [9.17, 15) is 8.42 Å². The van der Waals surface area contributed by atoms with Gasteiger partial charge in [0.1, 0.15) is 5.75 Å². The Kier molecular flexibility index (Phi) is 5.37. The number of nitrogens with one attached hydrogen (secondary N) is 1. The van der Waals surface area contributed by atoms with Gasteiger partial charge < -0.3 is 4.74 Å². The molecule has 0 bridgehead atoms. The second-order valence-electron chi connectivity index (χ2n) is 4.99. The fourth-order valence-corrected chi connectivity index (χ4v) is 3.50. The molecule has 0 aromatic heterocycles. The zero-order valence-electron chi connectivity index (χ0n) is 13.0. The quantitative estimate of drug-likeness (QED) is 0.883. The average molecular weight is 330 g/mol. The van der Waals surface area contributed by atoms with Crippen LogP contribution in [0.3, 0.4) is 0 Å². The van der Waals surface area contributed by atoms with Crippen LogP contribution in [0.4, 0.5) is 0 Å². The summed E-state index contributed by atoms with van der Waals surface area (Å²) in [6.07, 6.45) is 0.613. The third kappa shape index (κ3) is 4.09. The largest absolute Gasteiger partial charge is 0.497 e. The highest BCUT2D eigenvalue weighted by atomic mass is 32.2. The molecule has 2 aromatic rings. The van der Waals surface area contributed by atoms with Crippen LogP contribution in [0, 0.1) is 11.3 Å². The van der Waals surface area contributed by atoms with Crippen molar-refractivity contribution >= 4 is 10.0 Å². The Hall–Kier alpha value is -2.36. The van der Waals surface area contributed by atoms with E-state index in [1.165, 1.54) is 24.3 Å².